The van der Waals surface area contributed by atoms with Crippen molar-refractivity contribution in [2.45, 2.75) is 59.9 Å². The van der Waals surface area contributed by atoms with Crippen molar-refractivity contribution >= 4 is 0 Å². The molecule has 0 aliphatic carbocycles. The minimum atomic E-state index is 0.371. The third kappa shape index (κ3) is 6.20. The summed E-state index contributed by atoms with van der Waals surface area (Å²) in [6, 6.07) is 6.72. The van der Waals surface area contributed by atoms with Gasteiger partial charge < -0.3 is 5.32 Å². The number of hydrogen-bond acceptors (Lipinski definition) is 2. The number of hydrogen-bond donors (Lipinski definition) is 1. The van der Waals surface area contributed by atoms with Gasteiger partial charge in [0.2, 0.25) is 0 Å². The topological polar surface area (TPSA) is 24.9 Å². The average Bonchev–Trinajstić information content (AvgIpc) is 2.36. The van der Waals surface area contributed by atoms with Crippen LogP contribution in [0.25, 0.3) is 0 Å². The van der Waals surface area contributed by atoms with Gasteiger partial charge in [0.1, 0.15) is 0 Å². The highest BCUT2D eigenvalue weighted by molar-refractivity contribution is 5.05. The summed E-state index contributed by atoms with van der Waals surface area (Å²) in [4.78, 5) is 4.46. The SMILES string of the molecule is CCCNC(Cc1ccccn1)CC(C)C(C)(C)C. The van der Waals surface area contributed by atoms with E-state index in [9.17, 15) is 0 Å². The van der Waals surface area contributed by atoms with Crippen LogP contribution in [0.1, 0.15) is 53.2 Å². The summed E-state index contributed by atoms with van der Waals surface area (Å²) in [7, 11) is 0. The summed E-state index contributed by atoms with van der Waals surface area (Å²) in [6.07, 6.45) is 5.31. The molecule has 0 saturated heterocycles. The van der Waals surface area contributed by atoms with Crippen molar-refractivity contribution in [3.63, 3.8) is 0 Å². The normalized spacial score (nSPS) is 15.2. The molecule has 2 unspecified atom stereocenters. The minimum absolute atomic E-state index is 0.371. The van der Waals surface area contributed by atoms with Gasteiger partial charge in [0.05, 0.1) is 0 Å². The molecular formula is C17H30N2. The second-order valence-electron chi connectivity index (χ2n) is 6.68. The van der Waals surface area contributed by atoms with Gasteiger partial charge in [-0.15, -0.1) is 0 Å². The van der Waals surface area contributed by atoms with Crippen LogP contribution >= 0.6 is 0 Å². The lowest BCUT2D eigenvalue weighted by atomic mass is 9.78. The van der Waals surface area contributed by atoms with Crippen molar-refractivity contribution in [1.82, 2.24) is 10.3 Å². The highest BCUT2D eigenvalue weighted by Gasteiger charge is 2.23. The van der Waals surface area contributed by atoms with Crippen molar-refractivity contribution in [2.75, 3.05) is 6.54 Å². The molecule has 108 valence electrons. The lowest BCUT2D eigenvalue weighted by Crippen LogP contribution is -2.36. The van der Waals surface area contributed by atoms with Crippen molar-refractivity contribution in [2.24, 2.45) is 11.3 Å². The smallest absolute Gasteiger partial charge is 0.0419 e. The zero-order valence-corrected chi connectivity index (χ0v) is 13.2. The van der Waals surface area contributed by atoms with E-state index in [1.807, 2.05) is 12.3 Å². The van der Waals surface area contributed by atoms with Gasteiger partial charge in [-0.1, -0.05) is 40.7 Å². The van der Waals surface area contributed by atoms with E-state index >= 15 is 0 Å². The number of nitrogens with zero attached hydrogens (tertiary/aromatic N) is 1. The Labute approximate surface area is 119 Å². The molecular weight excluding hydrogens is 232 g/mol. The van der Waals surface area contributed by atoms with E-state index in [0.29, 0.717) is 17.4 Å². The van der Waals surface area contributed by atoms with E-state index in [2.05, 4.69) is 57.1 Å². The number of nitrogens with one attached hydrogen (secondary N) is 1. The Morgan fingerprint density at radius 1 is 1.26 bits per heavy atom. The molecule has 0 bridgehead atoms. The summed E-state index contributed by atoms with van der Waals surface area (Å²) in [5, 5.41) is 3.68. The molecule has 0 aliphatic heterocycles. The van der Waals surface area contributed by atoms with Crippen LogP contribution in [0.2, 0.25) is 0 Å². The minimum Gasteiger partial charge on any atom is -0.314 e. The first-order chi connectivity index (χ1) is 8.93. The first-order valence-electron chi connectivity index (χ1n) is 7.56. The fraction of sp³-hybridized carbons (Fsp3) is 0.706. The van der Waals surface area contributed by atoms with E-state index in [-0.39, 0.29) is 0 Å². The van der Waals surface area contributed by atoms with Crippen molar-refractivity contribution in [3.8, 4) is 0 Å². The second kappa shape index (κ2) is 7.64. The van der Waals surface area contributed by atoms with Gasteiger partial charge in [0.25, 0.3) is 0 Å². The molecule has 2 nitrogen and oxygen atoms in total. The predicted molar refractivity (Wildman–Crippen MR) is 83.3 cm³/mol. The van der Waals surface area contributed by atoms with E-state index in [1.165, 1.54) is 18.5 Å². The Morgan fingerprint density at radius 3 is 2.53 bits per heavy atom. The molecule has 0 spiro atoms. The molecule has 0 fully saturated rings. The van der Waals surface area contributed by atoms with Crippen LogP contribution < -0.4 is 5.32 Å². The molecule has 0 saturated carbocycles. The summed E-state index contributed by atoms with van der Waals surface area (Å²) >= 11 is 0. The Morgan fingerprint density at radius 2 is 2.00 bits per heavy atom. The highest BCUT2D eigenvalue weighted by Crippen LogP contribution is 2.29. The molecule has 1 N–H and O–H groups in total. The molecule has 0 radical (unpaired) electrons. The number of pyridine rings is 1. The van der Waals surface area contributed by atoms with E-state index in [4.69, 9.17) is 0 Å². The van der Waals surface area contributed by atoms with Crippen LogP contribution in [0.3, 0.4) is 0 Å². The molecule has 0 aliphatic rings. The molecule has 0 aromatic carbocycles. The average molecular weight is 262 g/mol. The second-order valence-corrected chi connectivity index (χ2v) is 6.68. The lowest BCUT2D eigenvalue weighted by Gasteiger charge is -2.31. The first kappa shape index (κ1) is 16.2. The third-order valence-corrected chi connectivity index (χ3v) is 3.98. The highest BCUT2D eigenvalue weighted by atomic mass is 14.9. The van der Waals surface area contributed by atoms with Crippen molar-refractivity contribution < 1.29 is 0 Å². The quantitative estimate of drug-likeness (QED) is 0.801. The molecule has 1 rings (SSSR count). The Balaban J connectivity index is 2.61. The van der Waals surface area contributed by atoms with Gasteiger partial charge >= 0.3 is 0 Å². The Hall–Kier alpha value is -0.890. The molecule has 1 aromatic rings. The van der Waals surface area contributed by atoms with Crippen LogP contribution in [-0.4, -0.2) is 17.6 Å². The molecule has 2 heteroatoms. The van der Waals surface area contributed by atoms with Crippen molar-refractivity contribution in [3.05, 3.63) is 30.1 Å². The molecule has 1 aromatic heterocycles. The van der Waals surface area contributed by atoms with Crippen molar-refractivity contribution in [1.29, 1.82) is 0 Å². The summed E-state index contributed by atoms with van der Waals surface area (Å²) in [6.45, 7) is 12.7. The maximum atomic E-state index is 4.46. The van der Waals surface area contributed by atoms with Crippen LogP contribution in [0, 0.1) is 11.3 Å². The van der Waals surface area contributed by atoms with E-state index < -0.39 is 0 Å². The van der Waals surface area contributed by atoms with Crippen LogP contribution in [0.15, 0.2) is 24.4 Å². The zero-order chi connectivity index (χ0) is 14.3. The summed E-state index contributed by atoms with van der Waals surface area (Å²) in [5.74, 6) is 0.700. The third-order valence-electron chi connectivity index (χ3n) is 3.98. The van der Waals surface area contributed by atoms with Gasteiger partial charge in [0, 0.05) is 24.4 Å². The largest absolute Gasteiger partial charge is 0.314 e. The van der Waals surface area contributed by atoms with Crippen LogP contribution in [0.4, 0.5) is 0 Å². The Kier molecular flexibility index (Phi) is 6.50. The maximum Gasteiger partial charge on any atom is 0.0419 e. The van der Waals surface area contributed by atoms with Gasteiger partial charge in [0.15, 0.2) is 0 Å². The monoisotopic (exact) mass is 262 g/mol. The molecule has 1 heterocycles. The van der Waals surface area contributed by atoms with Gasteiger partial charge in [-0.25, -0.2) is 0 Å². The van der Waals surface area contributed by atoms with E-state index in [1.54, 1.807) is 0 Å². The number of aromatic nitrogens is 1. The van der Waals surface area contributed by atoms with Gasteiger partial charge in [-0.2, -0.15) is 0 Å². The van der Waals surface area contributed by atoms with Crippen LogP contribution in [0.5, 0.6) is 0 Å². The lowest BCUT2D eigenvalue weighted by molar-refractivity contribution is 0.221. The molecule has 2 atom stereocenters. The molecule has 0 amide bonds. The van der Waals surface area contributed by atoms with Gasteiger partial charge in [-0.05, 0) is 42.9 Å². The first-order valence-corrected chi connectivity index (χ1v) is 7.56. The Bertz CT molecular complexity index is 340. The zero-order valence-electron chi connectivity index (χ0n) is 13.2. The summed E-state index contributed by atoms with van der Waals surface area (Å²) < 4.78 is 0. The van der Waals surface area contributed by atoms with E-state index in [0.717, 1.165) is 13.0 Å². The fourth-order valence-electron chi connectivity index (χ4n) is 2.14. The number of rotatable bonds is 7. The predicted octanol–water partition coefficient (Wildman–Crippen LogP) is 4.06. The maximum absolute atomic E-state index is 4.46. The fourth-order valence-corrected chi connectivity index (χ4v) is 2.14. The van der Waals surface area contributed by atoms with Gasteiger partial charge in [-0.3, -0.25) is 4.98 Å². The standard InChI is InChI=1S/C17H30N2/c1-6-10-18-16(12-14(2)17(3,4)5)13-15-9-7-8-11-19-15/h7-9,11,14,16,18H,6,10,12-13H2,1-5H3. The van der Waals surface area contributed by atoms with Crippen LogP contribution in [-0.2, 0) is 6.42 Å². The molecule has 19 heavy (non-hydrogen) atoms. The summed E-state index contributed by atoms with van der Waals surface area (Å²) in [5.41, 5.74) is 1.56.